The zero-order chi connectivity index (χ0) is 10.1. The van der Waals surface area contributed by atoms with E-state index in [0.29, 0.717) is 3.92 Å². The molecular weight excluding hydrogens is 310 g/mol. The van der Waals surface area contributed by atoms with E-state index in [1.54, 1.807) is 0 Å². The van der Waals surface area contributed by atoms with Crippen LogP contribution in [-0.2, 0) is 6.42 Å². The summed E-state index contributed by atoms with van der Waals surface area (Å²) in [6.45, 7) is 2.17. The van der Waals surface area contributed by atoms with Crippen molar-refractivity contribution < 1.29 is 0 Å². The summed E-state index contributed by atoms with van der Waals surface area (Å²) in [4.78, 5) is 7.74. The van der Waals surface area contributed by atoms with Crippen molar-refractivity contribution in [3.8, 4) is 0 Å². The highest BCUT2D eigenvalue weighted by molar-refractivity contribution is 14.1. The molecule has 0 spiro atoms. The first-order valence-corrected chi connectivity index (χ1v) is 6.06. The van der Waals surface area contributed by atoms with Crippen LogP contribution in [0.4, 0.5) is 0 Å². The van der Waals surface area contributed by atoms with Crippen molar-refractivity contribution in [2.75, 3.05) is 0 Å². The molecule has 0 aliphatic heterocycles. The molecule has 1 N–H and O–H groups in total. The van der Waals surface area contributed by atoms with Crippen LogP contribution >= 0.6 is 34.2 Å². The molecule has 1 unspecified atom stereocenters. The van der Waals surface area contributed by atoms with Gasteiger partial charge in [-0.05, 0) is 18.2 Å². The number of aromatic amines is 1. The monoisotopic (exact) mass is 320 g/mol. The Morgan fingerprint density at radius 1 is 1.57 bits per heavy atom. The third-order valence-corrected chi connectivity index (χ3v) is 2.64. The number of hydrogen-bond donors (Lipinski definition) is 1. The largest absolute Gasteiger partial charge is 0.342 e. The van der Waals surface area contributed by atoms with Crippen LogP contribution in [0.1, 0.15) is 12.7 Å². The molecule has 0 aliphatic carbocycles. The van der Waals surface area contributed by atoms with Crippen molar-refractivity contribution in [3.05, 3.63) is 29.0 Å². The number of rotatable bonds is 2. The van der Waals surface area contributed by atoms with Crippen molar-refractivity contribution in [1.82, 2.24) is 9.97 Å². The average molecular weight is 321 g/mol. The van der Waals surface area contributed by atoms with E-state index in [0.717, 1.165) is 28.3 Å². The molecule has 1 aromatic heterocycles. The third kappa shape index (κ3) is 2.20. The van der Waals surface area contributed by atoms with E-state index in [2.05, 4.69) is 39.5 Å². The van der Waals surface area contributed by atoms with Crippen LogP contribution in [0.25, 0.3) is 11.0 Å². The zero-order valence-corrected chi connectivity index (χ0v) is 10.6. The van der Waals surface area contributed by atoms with Crippen molar-refractivity contribution in [2.45, 2.75) is 17.3 Å². The van der Waals surface area contributed by atoms with Gasteiger partial charge < -0.3 is 4.98 Å². The lowest BCUT2D eigenvalue weighted by atomic mass is 10.3. The number of fused-ring (bicyclic) bond motifs is 1. The van der Waals surface area contributed by atoms with Gasteiger partial charge in [0.15, 0.2) is 0 Å². The fourth-order valence-electron chi connectivity index (χ4n) is 1.40. The van der Waals surface area contributed by atoms with Crippen LogP contribution in [0.3, 0.4) is 0 Å². The van der Waals surface area contributed by atoms with Crippen LogP contribution in [0.15, 0.2) is 18.2 Å². The molecule has 2 aromatic rings. The number of imidazole rings is 1. The minimum atomic E-state index is 0.587. The molecular formula is C10H10ClIN2. The Bertz CT molecular complexity index is 450. The van der Waals surface area contributed by atoms with Gasteiger partial charge >= 0.3 is 0 Å². The smallest absolute Gasteiger partial charge is 0.108 e. The summed E-state index contributed by atoms with van der Waals surface area (Å²) < 4.78 is 0.587. The summed E-state index contributed by atoms with van der Waals surface area (Å²) in [6.07, 6.45) is 0.965. The molecule has 74 valence electrons. The van der Waals surface area contributed by atoms with E-state index in [-0.39, 0.29) is 0 Å². The molecule has 1 aromatic carbocycles. The van der Waals surface area contributed by atoms with Gasteiger partial charge in [-0.25, -0.2) is 4.98 Å². The summed E-state index contributed by atoms with van der Waals surface area (Å²) in [6, 6.07) is 5.71. The van der Waals surface area contributed by atoms with Crippen molar-refractivity contribution in [3.63, 3.8) is 0 Å². The second-order valence-corrected chi connectivity index (χ2v) is 5.89. The van der Waals surface area contributed by atoms with Crippen molar-refractivity contribution >= 4 is 45.2 Å². The van der Waals surface area contributed by atoms with Gasteiger partial charge in [0.25, 0.3) is 0 Å². The summed E-state index contributed by atoms with van der Waals surface area (Å²) >= 11 is 8.28. The second-order valence-electron chi connectivity index (χ2n) is 3.33. The lowest BCUT2D eigenvalue weighted by molar-refractivity contribution is 0.903. The highest BCUT2D eigenvalue weighted by Gasteiger charge is 2.05. The SMILES string of the molecule is CC(I)Cc1nc2ccc(Cl)cc2[nH]1. The van der Waals surface area contributed by atoms with E-state index in [1.807, 2.05) is 18.2 Å². The molecule has 2 rings (SSSR count). The lowest BCUT2D eigenvalue weighted by Crippen LogP contribution is -1.97. The Morgan fingerprint density at radius 2 is 2.36 bits per heavy atom. The van der Waals surface area contributed by atoms with Crippen LogP contribution in [0, 0.1) is 0 Å². The summed E-state index contributed by atoms with van der Waals surface area (Å²) in [5, 5.41) is 0.746. The molecule has 0 saturated heterocycles. The van der Waals surface area contributed by atoms with E-state index < -0.39 is 0 Å². The first-order valence-electron chi connectivity index (χ1n) is 4.43. The molecule has 0 saturated carbocycles. The summed E-state index contributed by atoms with van der Waals surface area (Å²) in [5.74, 6) is 1.03. The molecule has 0 fully saturated rings. The molecule has 1 heterocycles. The maximum absolute atomic E-state index is 5.88. The van der Waals surface area contributed by atoms with Crippen LogP contribution in [-0.4, -0.2) is 13.9 Å². The predicted octanol–water partition coefficient (Wildman–Crippen LogP) is 3.58. The van der Waals surface area contributed by atoms with Gasteiger partial charge in [-0.15, -0.1) is 0 Å². The van der Waals surface area contributed by atoms with Crippen LogP contribution in [0.2, 0.25) is 5.02 Å². The minimum Gasteiger partial charge on any atom is -0.342 e. The number of H-pyrrole nitrogens is 1. The fraction of sp³-hybridized carbons (Fsp3) is 0.300. The van der Waals surface area contributed by atoms with Gasteiger partial charge in [0.2, 0.25) is 0 Å². The highest BCUT2D eigenvalue weighted by atomic mass is 127. The topological polar surface area (TPSA) is 28.7 Å². The van der Waals surface area contributed by atoms with Gasteiger partial charge in [0.05, 0.1) is 11.0 Å². The van der Waals surface area contributed by atoms with Gasteiger partial charge in [-0.1, -0.05) is 41.1 Å². The normalized spacial score (nSPS) is 13.4. The quantitative estimate of drug-likeness (QED) is 0.665. The molecule has 0 amide bonds. The van der Waals surface area contributed by atoms with Crippen LogP contribution in [0.5, 0.6) is 0 Å². The first kappa shape index (κ1) is 10.2. The second kappa shape index (κ2) is 4.06. The van der Waals surface area contributed by atoms with Crippen LogP contribution < -0.4 is 0 Å². The van der Waals surface area contributed by atoms with Gasteiger partial charge in [-0.2, -0.15) is 0 Å². The highest BCUT2D eigenvalue weighted by Crippen LogP contribution is 2.18. The fourth-order valence-corrected chi connectivity index (χ4v) is 1.99. The Balaban J connectivity index is 2.41. The third-order valence-electron chi connectivity index (χ3n) is 1.97. The number of nitrogens with zero attached hydrogens (tertiary/aromatic N) is 1. The zero-order valence-electron chi connectivity index (χ0n) is 7.72. The van der Waals surface area contributed by atoms with Gasteiger partial charge in [-0.3, -0.25) is 0 Å². The number of nitrogens with one attached hydrogen (secondary N) is 1. The number of aromatic nitrogens is 2. The Morgan fingerprint density at radius 3 is 3.07 bits per heavy atom. The van der Waals surface area contributed by atoms with Crippen molar-refractivity contribution in [1.29, 1.82) is 0 Å². The van der Waals surface area contributed by atoms with E-state index in [4.69, 9.17) is 11.6 Å². The molecule has 14 heavy (non-hydrogen) atoms. The molecule has 0 aliphatic rings. The van der Waals surface area contributed by atoms with Gasteiger partial charge in [0.1, 0.15) is 5.82 Å². The number of hydrogen-bond acceptors (Lipinski definition) is 1. The minimum absolute atomic E-state index is 0.587. The summed E-state index contributed by atoms with van der Waals surface area (Å²) in [7, 11) is 0. The maximum atomic E-state index is 5.88. The lowest BCUT2D eigenvalue weighted by Gasteiger charge is -1.96. The Kier molecular flexibility index (Phi) is 2.97. The van der Waals surface area contributed by atoms with E-state index in [1.165, 1.54) is 0 Å². The summed E-state index contributed by atoms with van der Waals surface area (Å²) in [5.41, 5.74) is 2.01. The Labute approximate surface area is 101 Å². The molecule has 2 nitrogen and oxygen atoms in total. The van der Waals surface area contributed by atoms with Gasteiger partial charge in [0, 0.05) is 15.4 Å². The number of alkyl halides is 1. The van der Waals surface area contributed by atoms with E-state index in [9.17, 15) is 0 Å². The molecule has 1 atom stereocenters. The molecule has 0 radical (unpaired) electrons. The predicted molar refractivity (Wildman–Crippen MR) is 68.3 cm³/mol. The first-order chi connectivity index (χ1) is 6.65. The van der Waals surface area contributed by atoms with Crippen molar-refractivity contribution in [2.24, 2.45) is 0 Å². The number of halogens is 2. The average Bonchev–Trinajstić information content (AvgIpc) is 2.44. The standard InChI is InChI=1S/C10H10ClIN2/c1-6(12)4-10-13-8-3-2-7(11)5-9(8)14-10/h2-3,5-6H,4H2,1H3,(H,13,14). The van der Waals surface area contributed by atoms with E-state index >= 15 is 0 Å². The molecule has 0 bridgehead atoms. The maximum Gasteiger partial charge on any atom is 0.108 e. The molecule has 4 heteroatoms. The Hall–Kier alpha value is -0.290. The number of benzene rings is 1.